The van der Waals surface area contributed by atoms with Crippen molar-refractivity contribution in [2.24, 2.45) is 17.8 Å². The van der Waals surface area contributed by atoms with Gasteiger partial charge in [0.05, 0.1) is 0 Å². The Morgan fingerprint density at radius 2 is 1.25 bits per heavy atom. The van der Waals surface area contributed by atoms with E-state index in [1.165, 1.54) is 77.3 Å². The first-order valence-electron chi connectivity index (χ1n) is 9.28. The number of fused-ring (bicyclic) bond motifs is 1. The van der Waals surface area contributed by atoms with Crippen LogP contribution in [-0.2, 0) is 0 Å². The Bertz CT molecular complexity index is 293. The van der Waals surface area contributed by atoms with Gasteiger partial charge in [0.1, 0.15) is 0 Å². The van der Waals surface area contributed by atoms with E-state index in [-0.39, 0.29) is 0 Å². The molecule has 1 unspecified atom stereocenters. The first kappa shape index (κ1) is 14.9. The fraction of sp³-hybridized carbons (Fsp3) is 1.00. The summed E-state index contributed by atoms with van der Waals surface area (Å²) in [5, 5.41) is 0.490. The van der Waals surface area contributed by atoms with Gasteiger partial charge in [-0.05, 0) is 36.2 Å². The molecular formula is C18H33BN. The molecule has 0 amide bonds. The highest BCUT2D eigenvalue weighted by Gasteiger charge is 2.53. The van der Waals surface area contributed by atoms with E-state index < -0.39 is 0 Å². The van der Waals surface area contributed by atoms with Crippen LogP contribution < -0.4 is 0 Å². The highest BCUT2D eigenvalue weighted by Crippen LogP contribution is 2.52. The second-order valence-corrected chi connectivity index (χ2v) is 8.25. The second-order valence-electron chi connectivity index (χ2n) is 8.25. The van der Waals surface area contributed by atoms with Gasteiger partial charge in [0, 0.05) is 0 Å². The second kappa shape index (κ2) is 6.42. The summed E-state index contributed by atoms with van der Waals surface area (Å²) < 4.78 is 0. The summed E-state index contributed by atoms with van der Waals surface area (Å²) >= 11 is 0. The molecule has 1 heterocycles. The van der Waals surface area contributed by atoms with Crippen LogP contribution in [0.15, 0.2) is 0 Å². The number of hydrogen-bond acceptors (Lipinski definition) is 1. The van der Waals surface area contributed by atoms with E-state index in [0.717, 1.165) is 17.8 Å². The standard InChI is InChI=1S/C18H33BN/c1-15-16-13-20(14-17(15)16)19-18(2)11-9-7-5-3-4-6-8-10-12-18/h15-17H,3-14H2,1-2H3/t15?,16-,17+. The zero-order chi connectivity index (χ0) is 14.0. The molecule has 3 atom stereocenters. The van der Waals surface area contributed by atoms with E-state index in [2.05, 4.69) is 26.1 Å². The zero-order valence-electron chi connectivity index (χ0n) is 13.7. The smallest absolute Gasteiger partial charge is 0.215 e. The van der Waals surface area contributed by atoms with Gasteiger partial charge >= 0.3 is 0 Å². The van der Waals surface area contributed by atoms with Gasteiger partial charge in [0.15, 0.2) is 0 Å². The predicted octanol–water partition coefficient (Wildman–Crippen LogP) is 4.90. The summed E-state index contributed by atoms with van der Waals surface area (Å²) in [4.78, 5) is 2.69. The zero-order valence-corrected chi connectivity index (χ0v) is 13.7. The largest absolute Gasteiger partial charge is 0.345 e. The predicted molar refractivity (Wildman–Crippen MR) is 88.0 cm³/mol. The van der Waals surface area contributed by atoms with Crippen molar-refractivity contribution in [2.45, 2.75) is 83.4 Å². The first-order chi connectivity index (χ1) is 9.68. The monoisotopic (exact) mass is 274 g/mol. The molecule has 0 bridgehead atoms. The molecule has 2 saturated carbocycles. The van der Waals surface area contributed by atoms with Crippen molar-refractivity contribution in [3.05, 3.63) is 0 Å². The summed E-state index contributed by atoms with van der Waals surface area (Å²) in [6, 6.07) is 0. The quantitative estimate of drug-likeness (QED) is 0.647. The van der Waals surface area contributed by atoms with Crippen LogP contribution in [0.2, 0.25) is 5.31 Å². The third kappa shape index (κ3) is 3.61. The van der Waals surface area contributed by atoms with Crippen LogP contribution in [0.5, 0.6) is 0 Å². The molecule has 1 radical (unpaired) electrons. The molecule has 0 aromatic heterocycles. The Morgan fingerprint density at radius 1 is 0.800 bits per heavy atom. The van der Waals surface area contributed by atoms with Crippen molar-refractivity contribution in [1.29, 1.82) is 0 Å². The lowest BCUT2D eigenvalue weighted by Gasteiger charge is -2.34. The van der Waals surface area contributed by atoms with E-state index in [1.54, 1.807) is 0 Å². The van der Waals surface area contributed by atoms with Gasteiger partial charge in [0.2, 0.25) is 7.41 Å². The van der Waals surface area contributed by atoms with Crippen LogP contribution >= 0.6 is 0 Å². The van der Waals surface area contributed by atoms with Gasteiger partial charge in [-0.3, -0.25) is 0 Å². The molecule has 1 saturated heterocycles. The fourth-order valence-corrected chi connectivity index (χ4v) is 4.77. The third-order valence-electron chi connectivity index (χ3n) is 6.39. The molecule has 1 aliphatic heterocycles. The van der Waals surface area contributed by atoms with E-state index in [9.17, 15) is 0 Å². The van der Waals surface area contributed by atoms with Crippen molar-refractivity contribution < 1.29 is 0 Å². The minimum Gasteiger partial charge on any atom is -0.345 e. The molecule has 0 aromatic rings. The normalized spacial score (nSPS) is 38.8. The Labute approximate surface area is 127 Å². The molecule has 2 heteroatoms. The molecule has 3 fully saturated rings. The van der Waals surface area contributed by atoms with Crippen LogP contribution in [0.3, 0.4) is 0 Å². The number of rotatable bonds is 2. The maximum absolute atomic E-state index is 2.69. The number of piperidine rings is 1. The summed E-state index contributed by atoms with van der Waals surface area (Å²) in [5.74, 6) is 3.11. The molecular weight excluding hydrogens is 241 g/mol. The fourth-order valence-electron chi connectivity index (χ4n) is 4.77. The van der Waals surface area contributed by atoms with Gasteiger partial charge in [-0.1, -0.05) is 78.1 Å². The van der Waals surface area contributed by atoms with Crippen LogP contribution in [0, 0.1) is 17.8 Å². The molecule has 113 valence electrons. The molecule has 20 heavy (non-hydrogen) atoms. The molecule has 3 rings (SSSR count). The van der Waals surface area contributed by atoms with Gasteiger partial charge in [-0.2, -0.15) is 0 Å². The molecule has 0 N–H and O–H groups in total. The lowest BCUT2D eigenvalue weighted by molar-refractivity contribution is 0.394. The van der Waals surface area contributed by atoms with E-state index in [0.29, 0.717) is 5.31 Å². The minimum absolute atomic E-state index is 0.490. The summed E-state index contributed by atoms with van der Waals surface area (Å²) in [6.07, 6.45) is 14.6. The van der Waals surface area contributed by atoms with Crippen molar-refractivity contribution >= 4 is 7.41 Å². The van der Waals surface area contributed by atoms with E-state index in [4.69, 9.17) is 0 Å². The molecule has 3 aliphatic rings. The maximum Gasteiger partial charge on any atom is 0.215 e. The SMILES string of the molecule is CC1[C@H]2CN([B]C3(C)CCCCCCCCCC3)C[C@@H]12. The Hall–Kier alpha value is 0.0249. The van der Waals surface area contributed by atoms with Crippen LogP contribution in [0.1, 0.15) is 78.1 Å². The highest BCUT2D eigenvalue weighted by atomic mass is 15.1. The number of hydrogen-bond donors (Lipinski definition) is 0. The summed E-state index contributed by atoms with van der Waals surface area (Å²) in [6.45, 7) is 7.71. The molecule has 1 nitrogen and oxygen atoms in total. The lowest BCUT2D eigenvalue weighted by Crippen LogP contribution is -2.36. The highest BCUT2D eigenvalue weighted by molar-refractivity contribution is 6.36. The average molecular weight is 274 g/mol. The maximum atomic E-state index is 2.69. The summed E-state index contributed by atoms with van der Waals surface area (Å²) in [5.41, 5.74) is 0. The average Bonchev–Trinajstić information content (AvgIpc) is 2.83. The molecule has 0 aromatic carbocycles. The molecule has 2 aliphatic carbocycles. The van der Waals surface area contributed by atoms with Gasteiger partial charge in [-0.25, -0.2) is 0 Å². The first-order valence-corrected chi connectivity index (χ1v) is 9.28. The Morgan fingerprint density at radius 3 is 1.75 bits per heavy atom. The van der Waals surface area contributed by atoms with Crippen LogP contribution in [0.4, 0.5) is 0 Å². The van der Waals surface area contributed by atoms with Crippen molar-refractivity contribution in [3.63, 3.8) is 0 Å². The van der Waals surface area contributed by atoms with Crippen molar-refractivity contribution in [3.8, 4) is 0 Å². The van der Waals surface area contributed by atoms with E-state index >= 15 is 0 Å². The molecule has 0 spiro atoms. The van der Waals surface area contributed by atoms with Gasteiger partial charge < -0.3 is 4.81 Å². The summed E-state index contributed by atoms with van der Waals surface area (Å²) in [7, 11) is 2.67. The van der Waals surface area contributed by atoms with E-state index in [1.807, 2.05) is 0 Å². The Balaban J connectivity index is 1.50. The van der Waals surface area contributed by atoms with Gasteiger partial charge in [-0.15, -0.1) is 0 Å². The minimum atomic E-state index is 0.490. The lowest BCUT2D eigenvalue weighted by atomic mass is 9.55. The third-order valence-corrected chi connectivity index (χ3v) is 6.39. The van der Waals surface area contributed by atoms with Crippen molar-refractivity contribution in [1.82, 2.24) is 4.81 Å². The number of nitrogens with zero attached hydrogens (tertiary/aromatic N) is 1. The van der Waals surface area contributed by atoms with Crippen LogP contribution in [-0.4, -0.2) is 25.3 Å². The van der Waals surface area contributed by atoms with Crippen LogP contribution in [0.25, 0.3) is 0 Å². The Kier molecular flexibility index (Phi) is 4.80. The van der Waals surface area contributed by atoms with Gasteiger partial charge in [0.25, 0.3) is 0 Å². The van der Waals surface area contributed by atoms with Crippen molar-refractivity contribution in [2.75, 3.05) is 13.1 Å². The topological polar surface area (TPSA) is 3.24 Å².